The van der Waals surface area contributed by atoms with Crippen molar-refractivity contribution in [2.45, 2.75) is 6.17 Å². The number of nitrogens with zero attached hydrogens (tertiary/aromatic N) is 2. The Morgan fingerprint density at radius 2 is 0.821 bits per heavy atom. The highest BCUT2D eigenvalue weighted by atomic mass is 16.3. The van der Waals surface area contributed by atoms with Crippen molar-refractivity contribution in [1.82, 2.24) is 5.32 Å². The first-order chi connectivity index (χ1) is 33.2. The van der Waals surface area contributed by atoms with Gasteiger partial charge in [-0.2, -0.15) is 0 Å². The summed E-state index contributed by atoms with van der Waals surface area (Å²) in [6.45, 7) is 0. The van der Waals surface area contributed by atoms with Gasteiger partial charge in [-0.15, -0.1) is 0 Å². The fraction of sp³-hybridized carbons (Fsp3) is 0.0159. The first-order valence-corrected chi connectivity index (χ1v) is 22.8. The maximum atomic E-state index is 7.02. The van der Waals surface area contributed by atoms with Crippen LogP contribution in [0.2, 0.25) is 0 Å². The minimum Gasteiger partial charge on any atom is -0.455 e. The smallest absolute Gasteiger partial charge is 0.163 e. The molecule has 0 fully saturated rings. The van der Waals surface area contributed by atoms with Crippen molar-refractivity contribution in [3.05, 3.63) is 253 Å². The summed E-state index contributed by atoms with van der Waals surface area (Å²) in [6.07, 6.45) is -0.408. The van der Waals surface area contributed by atoms with Gasteiger partial charge in [-0.1, -0.05) is 194 Å². The molecule has 0 saturated heterocycles. The molecule has 314 valence electrons. The summed E-state index contributed by atoms with van der Waals surface area (Å²) in [5, 5.41) is 12.8. The van der Waals surface area contributed by atoms with Crippen molar-refractivity contribution < 1.29 is 4.42 Å². The number of nitrogens with one attached hydrogen (secondary N) is 1. The Kier molecular flexibility index (Phi) is 9.21. The van der Waals surface area contributed by atoms with Gasteiger partial charge in [0.05, 0.1) is 5.56 Å². The summed E-state index contributed by atoms with van der Waals surface area (Å²) in [6, 6.07) is 84.4. The molecule has 1 atom stereocenters. The summed E-state index contributed by atoms with van der Waals surface area (Å²) in [5.74, 6) is 1.37. The molecular weight excluding hydrogens is 815 g/mol. The molecule has 13 rings (SSSR count). The molecule has 2 heterocycles. The fourth-order valence-corrected chi connectivity index (χ4v) is 9.87. The number of fused-ring (bicyclic) bond motifs is 8. The molecule has 4 heteroatoms. The molecule has 1 N–H and O–H groups in total. The van der Waals surface area contributed by atoms with Gasteiger partial charge in [0.15, 0.2) is 5.84 Å². The standard InChI is InChI=1S/C63H41N3O/c1-4-14-40(15-5-1)49-35-50(41-16-6-2-7-17-41)37-51(36-49)42-24-26-43(27-25-42)52-38-57-56-33-30-45-19-11-13-23-55(45)59(56)67-60(57)58(39-52)63-65-61(46-20-8-3-9-21-46)64-62(66-63)48-31-32-54-47(34-48)29-28-44-18-10-12-22-53(44)54/h1-39,62H,(H,64,65,66). The van der Waals surface area contributed by atoms with Crippen LogP contribution in [0, 0.1) is 0 Å². The molecule has 1 aliphatic rings. The normalized spacial score (nSPS) is 13.8. The molecule has 1 unspecified atom stereocenters. The third-order valence-electron chi connectivity index (χ3n) is 13.3. The Hall–Kier alpha value is -8.86. The van der Waals surface area contributed by atoms with E-state index in [2.05, 4.69) is 224 Å². The Bertz CT molecular complexity index is 3870. The van der Waals surface area contributed by atoms with E-state index in [1.807, 2.05) is 18.2 Å². The molecule has 0 radical (unpaired) electrons. The number of hydrogen-bond donors (Lipinski definition) is 1. The molecule has 67 heavy (non-hydrogen) atoms. The topological polar surface area (TPSA) is 49.9 Å². The van der Waals surface area contributed by atoms with E-state index in [-0.39, 0.29) is 0 Å². The van der Waals surface area contributed by atoms with Crippen LogP contribution in [-0.4, -0.2) is 11.7 Å². The van der Waals surface area contributed by atoms with Crippen LogP contribution < -0.4 is 5.32 Å². The highest BCUT2D eigenvalue weighted by molar-refractivity contribution is 6.23. The van der Waals surface area contributed by atoms with Gasteiger partial charge in [-0.3, -0.25) is 0 Å². The third-order valence-corrected chi connectivity index (χ3v) is 13.3. The van der Waals surface area contributed by atoms with Crippen molar-refractivity contribution in [3.63, 3.8) is 0 Å². The highest BCUT2D eigenvalue weighted by Crippen LogP contribution is 2.41. The van der Waals surface area contributed by atoms with E-state index in [1.54, 1.807) is 0 Å². The molecular formula is C63H41N3O. The van der Waals surface area contributed by atoms with E-state index in [0.29, 0.717) is 5.84 Å². The number of aliphatic imine (C=N–C) groups is 2. The zero-order valence-corrected chi connectivity index (χ0v) is 36.4. The van der Waals surface area contributed by atoms with E-state index in [4.69, 9.17) is 14.4 Å². The van der Waals surface area contributed by atoms with Gasteiger partial charge >= 0.3 is 0 Å². The lowest BCUT2D eigenvalue weighted by molar-refractivity contribution is 0.666. The van der Waals surface area contributed by atoms with Crippen LogP contribution in [0.3, 0.4) is 0 Å². The molecule has 0 bridgehead atoms. The van der Waals surface area contributed by atoms with E-state index in [9.17, 15) is 0 Å². The van der Waals surface area contributed by atoms with Crippen molar-refractivity contribution in [2.75, 3.05) is 0 Å². The van der Waals surface area contributed by atoms with Crippen LogP contribution in [-0.2, 0) is 0 Å². The monoisotopic (exact) mass is 855 g/mol. The second kappa shape index (κ2) is 16.0. The fourth-order valence-electron chi connectivity index (χ4n) is 9.87. The summed E-state index contributed by atoms with van der Waals surface area (Å²) >= 11 is 0. The van der Waals surface area contributed by atoms with E-state index in [0.717, 1.165) is 77.5 Å². The SMILES string of the molecule is c1ccc(C2=NC(c3cc(-c4ccc(-c5cc(-c6ccccc6)cc(-c6ccccc6)c5)cc4)cc4c3oc3c5ccccc5ccc43)=NC(c3ccc4c(ccc5ccccc54)c3)N2)cc1. The number of amidine groups is 2. The maximum Gasteiger partial charge on any atom is 0.163 e. The summed E-state index contributed by atoms with van der Waals surface area (Å²) in [7, 11) is 0. The molecule has 0 aliphatic carbocycles. The van der Waals surface area contributed by atoms with Crippen LogP contribution in [0.15, 0.2) is 251 Å². The summed E-state index contributed by atoms with van der Waals surface area (Å²) in [4.78, 5) is 10.8. The quantitative estimate of drug-likeness (QED) is 0.162. The predicted octanol–water partition coefficient (Wildman–Crippen LogP) is 16.2. The van der Waals surface area contributed by atoms with Crippen LogP contribution >= 0.6 is 0 Å². The molecule has 12 aromatic rings. The highest BCUT2D eigenvalue weighted by Gasteiger charge is 2.25. The third kappa shape index (κ3) is 6.95. The molecule has 11 aromatic carbocycles. The van der Waals surface area contributed by atoms with Gasteiger partial charge in [-0.05, 0) is 119 Å². The number of furan rings is 1. The Morgan fingerprint density at radius 1 is 0.328 bits per heavy atom. The van der Waals surface area contributed by atoms with Crippen LogP contribution in [0.5, 0.6) is 0 Å². The molecule has 1 aliphatic heterocycles. The Labute approximate surface area is 387 Å². The van der Waals surface area contributed by atoms with Gasteiger partial charge in [0.2, 0.25) is 0 Å². The maximum absolute atomic E-state index is 7.02. The number of hydrogen-bond acceptors (Lipinski definition) is 4. The van der Waals surface area contributed by atoms with E-state index in [1.165, 1.54) is 43.8 Å². The lowest BCUT2D eigenvalue weighted by Gasteiger charge is -2.24. The average Bonchev–Trinajstić information content (AvgIpc) is 3.80. The lowest BCUT2D eigenvalue weighted by Crippen LogP contribution is -2.33. The van der Waals surface area contributed by atoms with Gasteiger partial charge < -0.3 is 9.73 Å². The van der Waals surface area contributed by atoms with Crippen molar-refractivity contribution in [3.8, 4) is 44.5 Å². The van der Waals surface area contributed by atoms with Crippen LogP contribution in [0.25, 0.3) is 98.8 Å². The van der Waals surface area contributed by atoms with E-state index >= 15 is 0 Å². The minimum atomic E-state index is -0.408. The zero-order chi connectivity index (χ0) is 44.3. The largest absolute Gasteiger partial charge is 0.455 e. The minimum absolute atomic E-state index is 0.408. The zero-order valence-electron chi connectivity index (χ0n) is 36.4. The van der Waals surface area contributed by atoms with Gasteiger partial charge in [0.1, 0.15) is 23.2 Å². The first-order valence-electron chi connectivity index (χ1n) is 22.8. The molecule has 1 aromatic heterocycles. The van der Waals surface area contributed by atoms with Gasteiger partial charge in [0, 0.05) is 21.7 Å². The first kappa shape index (κ1) is 38.6. The Balaban J connectivity index is 0.979. The Morgan fingerprint density at radius 3 is 1.48 bits per heavy atom. The van der Waals surface area contributed by atoms with Crippen LogP contribution in [0.4, 0.5) is 0 Å². The molecule has 0 spiro atoms. The van der Waals surface area contributed by atoms with Gasteiger partial charge in [-0.25, -0.2) is 9.98 Å². The second-order valence-electron chi connectivity index (χ2n) is 17.4. The second-order valence-corrected chi connectivity index (χ2v) is 17.4. The summed E-state index contributed by atoms with van der Waals surface area (Å²) in [5.41, 5.74) is 13.7. The lowest BCUT2D eigenvalue weighted by atomic mass is 9.92. The average molecular weight is 856 g/mol. The molecule has 0 saturated carbocycles. The molecule has 4 nitrogen and oxygen atoms in total. The number of rotatable bonds is 7. The van der Waals surface area contributed by atoms with Gasteiger partial charge in [0.25, 0.3) is 0 Å². The van der Waals surface area contributed by atoms with E-state index < -0.39 is 6.17 Å². The van der Waals surface area contributed by atoms with Crippen LogP contribution in [0.1, 0.15) is 22.9 Å². The van der Waals surface area contributed by atoms with Crippen molar-refractivity contribution in [2.24, 2.45) is 9.98 Å². The molecule has 0 amide bonds. The summed E-state index contributed by atoms with van der Waals surface area (Å²) < 4.78 is 7.02. The van der Waals surface area contributed by atoms with Crippen molar-refractivity contribution >= 4 is 65.9 Å². The number of benzene rings is 11. The predicted molar refractivity (Wildman–Crippen MR) is 280 cm³/mol. The van der Waals surface area contributed by atoms with Crippen molar-refractivity contribution in [1.29, 1.82) is 0 Å².